The lowest BCUT2D eigenvalue weighted by atomic mass is 10.00. The van der Waals surface area contributed by atoms with Crippen molar-refractivity contribution in [3.05, 3.63) is 29.8 Å². The first-order valence-corrected chi connectivity index (χ1v) is 6.69. The zero-order chi connectivity index (χ0) is 14.5. The monoisotopic (exact) mass is 263 g/mol. The van der Waals surface area contributed by atoms with Crippen LogP contribution in [0.1, 0.15) is 32.8 Å². The van der Waals surface area contributed by atoms with E-state index >= 15 is 0 Å². The number of nitrogens with two attached hydrogens (primary N) is 1. The average molecular weight is 263 g/mol. The van der Waals surface area contributed by atoms with Gasteiger partial charge in [0.1, 0.15) is 0 Å². The van der Waals surface area contributed by atoms with E-state index in [9.17, 15) is 4.79 Å². The Morgan fingerprint density at radius 2 is 2.00 bits per heavy atom. The van der Waals surface area contributed by atoms with Crippen molar-refractivity contribution in [1.29, 1.82) is 0 Å². The SMILES string of the molecule is CCC(C)(C)N(C)CC(=O)Nc1ccccc1CN. The van der Waals surface area contributed by atoms with Crippen LogP contribution in [-0.4, -0.2) is 29.9 Å². The van der Waals surface area contributed by atoms with Crippen LogP contribution in [0.2, 0.25) is 0 Å². The quantitative estimate of drug-likeness (QED) is 0.827. The van der Waals surface area contributed by atoms with Crippen LogP contribution < -0.4 is 11.1 Å². The minimum Gasteiger partial charge on any atom is -0.326 e. The molecule has 1 aromatic rings. The summed E-state index contributed by atoms with van der Waals surface area (Å²) in [6.07, 6.45) is 0.996. The zero-order valence-electron chi connectivity index (χ0n) is 12.4. The molecule has 0 atom stereocenters. The first-order valence-electron chi connectivity index (χ1n) is 6.69. The maximum atomic E-state index is 12.1. The van der Waals surface area contributed by atoms with E-state index in [2.05, 4.69) is 31.0 Å². The van der Waals surface area contributed by atoms with Crippen molar-refractivity contribution >= 4 is 11.6 Å². The van der Waals surface area contributed by atoms with Gasteiger partial charge in [0.25, 0.3) is 0 Å². The Balaban J connectivity index is 2.66. The van der Waals surface area contributed by atoms with Crippen LogP contribution in [0.25, 0.3) is 0 Å². The number of rotatable bonds is 6. The Morgan fingerprint density at radius 1 is 1.37 bits per heavy atom. The molecule has 0 aliphatic rings. The molecule has 19 heavy (non-hydrogen) atoms. The summed E-state index contributed by atoms with van der Waals surface area (Å²) in [5.74, 6) is -0.00933. The number of likely N-dealkylation sites (N-methyl/N-ethyl adjacent to an activating group) is 1. The molecule has 0 saturated carbocycles. The van der Waals surface area contributed by atoms with E-state index < -0.39 is 0 Å². The minimum absolute atomic E-state index is 0.00933. The van der Waals surface area contributed by atoms with Gasteiger partial charge in [-0.15, -0.1) is 0 Å². The molecule has 0 saturated heterocycles. The van der Waals surface area contributed by atoms with Gasteiger partial charge in [-0.1, -0.05) is 25.1 Å². The van der Waals surface area contributed by atoms with Crippen LogP contribution in [0, 0.1) is 0 Å². The highest BCUT2D eigenvalue weighted by molar-refractivity contribution is 5.93. The molecule has 0 unspecified atom stereocenters. The van der Waals surface area contributed by atoms with Crippen molar-refractivity contribution in [2.45, 2.75) is 39.3 Å². The molecule has 0 aromatic heterocycles. The number of benzene rings is 1. The number of para-hydroxylation sites is 1. The summed E-state index contributed by atoms with van der Waals surface area (Å²) in [6.45, 7) is 7.19. The van der Waals surface area contributed by atoms with Crippen molar-refractivity contribution in [3.63, 3.8) is 0 Å². The summed E-state index contributed by atoms with van der Waals surface area (Å²) in [5.41, 5.74) is 7.43. The molecule has 0 aliphatic heterocycles. The van der Waals surface area contributed by atoms with E-state index in [-0.39, 0.29) is 11.4 Å². The number of nitrogens with zero attached hydrogens (tertiary/aromatic N) is 1. The highest BCUT2D eigenvalue weighted by Crippen LogP contribution is 2.17. The molecular weight excluding hydrogens is 238 g/mol. The third kappa shape index (κ3) is 4.33. The van der Waals surface area contributed by atoms with E-state index in [0.29, 0.717) is 13.1 Å². The summed E-state index contributed by atoms with van der Waals surface area (Å²) < 4.78 is 0. The van der Waals surface area contributed by atoms with Crippen molar-refractivity contribution in [1.82, 2.24) is 4.90 Å². The van der Waals surface area contributed by atoms with Gasteiger partial charge in [0.2, 0.25) is 5.91 Å². The molecular formula is C15H25N3O. The number of hydrogen-bond donors (Lipinski definition) is 2. The third-order valence-electron chi connectivity index (χ3n) is 3.79. The predicted molar refractivity (Wildman–Crippen MR) is 80.0 cm³/mol. The van der Waals surface area contributed by atoms with E-state index in [1.54, 1.807) is 0 Å². The standard InChI is InChI=1S/C15H25N3O/c1-5-15(2,3)18(4)11-14(19)17-13-9-7-6-8-12(13)10-16/h6-9H,5,10-11,16H2,1-4H3,(H,17,19). The summed E-state index contributed by atoms with van der Waals surface area (Å²) >= 11 is 0. The van der Waals surface area contributed by atoms with Crippen molar-refractivity contribution in [2.75, 3.05) is 18.9 Å². The second-order valence-corrected chi connectivity index (χ2v) is 5.43. The molecule has 4 heteroatoms. The van der Waals surface area contributed by atoms with Gasteiger partial charge in [0.05, 0.1) is 6.54 Å². The molecule has 3 N–H and O–H groups in total. The lowest BCUT2D eigenvalue weighted by molar-refractivity contribution is -0.118. The molecule has 1 rings (SSSR count). The Kier molecular flexibility index (Phi) is 5.51. The van der Waals surface area contributed by atoms with Crippen LogP contribution in [0.3, 0.4) is 0 Å². The predicted octanol–water partition coefficient (Wildman–Crippen LogP) is 2.20. The normalized spacial score (nSPS) is 11.7. The fraction of sp³-hybridized carbons (Fsp3) is 0.533. The maximum absolute atomic E-state index is 12.1. The molecule has 106 valence electrons. The molecule has 0 radical (unpaired) electrons. The average Bonchev–Trinajstić information content (AvgIpc) is 2.39. The molecule has 0 aliphatic carbocycles. The van der Waals surface area contributed by atoms with E-state index in [0.717, 1.165) is 17.7 Å². The Labute approximate surface area is 116 Å². The number of hydrogen-bond acceptors (Lipinski definition) is 3. The Hall–Kier alpha value is -1.39. The molecule has 0 fully saturated rings. The molecule has 1 aromatic carbocycles. The van der Waals surface area contributed by atoms with Gasteiger partial charge < -0.3 is 11.1 Å². The second kappa shape index (κ2) is 6.68. The van der Waals surface area contributed by atoms with Crippen LogP contribution in [-0.2, 0) is 11.3 Å². The molecule has 4 nitrogen and oxygen atoms in total. The van der Waals surface area contributed by atoms with Crippen LogP contribution in [0.4, 0.5) is 5.69 Å². The van der Waals surface area contributed by atoms with E-state index in [1.807, 2.05) is 31.3 Å². The van der Waals surface area contributed by atoms with Crippen molar-refractivity contribution in [3.8, 4) is 0 Å². The lowest BCUT2D eigenvalue weighted by Crippen LogP contribution is -2.44. The maximum Gasteiger partial charge on any atom is 0.238 e. The van der Waals surface area contributed by atoms with E-state index in [1.165, 1.54) is 0 Å². The Morgan fingerprint density at radius 3 is 2.58 bits per heavy atom. The first-order chi connectivity index (χ1) is 8.90. The smallest absolute Gasteiger partial charge is 0.238 e. The Bertz CT molecular complexity index is 429. The summed E-state index contributed by atoms with van der Waals surface area (Å²) in [7, 11) is 1.97. The molecule has 0 spiro atoms. The molecule has 0 heterocycles. The van der Waals surface area contributed by atoms with Crippen molar-refractivity contribution < 1.29 is 4.79 Å². The number of anilines is 1. The number of carbonyl (C=O) groups excluding carboxylic acids is 1. The van der Waals surface area contributed by atoms with Gasteiger partial charge in [0.15, 0.2) is 0 Å². The van der Waals surface area contributed by atoms with Crippen LogP contribution >= 0.6 is 0 Å². The molecule has 0 bridgehead atoms. The number of carbonyl (C=O) groups is 1. The fourth-order valence-electron chi connectivity index (χ4n) is 1.71. The third-order valence-corrected chi connectivity index (χ3v) is 3.79. The lowest BCUT2D eigenvalue weighted by Gasteiger charge is -2.34. The zero-order valence-corrected chi connectivity index (χ0v) is 12.4. The largest absolute Gasteiger partial charge is 0.326 e. The van der Waals surface area contributed by atoms with Crippen LogP contribution in [0.5, 0.6) is 0 Å². The van der Waals surface area contributed by atoms with Gasteiger partial charge in [-0.3, -0.25) is 9.69 Å². The fourth-order valence-corrected chi connectivity index (χ4v) is 1.71. The highest BCUT2D eigenvalue weighted by Gasteiger charge is 2.23. The second-order valence-electron chi connectivity index (χ2n) is 5.43. The van der Waals surface area contributed by atoms with Crippen LogP contribution in [0.15, 0.2) is 24.3 Å². The topological polar surface area (TPSA) is 58.4 Å². The van der Waals surface area contributed by atoms with E-state index in [4.69, 9.17) is 5.73 Å². The van der Waals surface area contributed by atoms with Gasteiger partial charge in [0, 0.05) is 17.8 Å². The number of amides is 1. The first kappa shape index (κ1) is 15.7. The number of nitrogens with one attached hydrogen (secondary N) is 1. The van der Waals surface area contributed by atoms with Gasteiger partial charge in [-0.2, -0.15) is 0 Å². The summed E-state index contributed by atoms with van der Waals surface area (Å²) in [6, 6.07) is 7.62. The van der Waals surface area contributed by atoms with Crippen molar-refractivity contribution in [2.24, 2.45) is 5.73 Å². The van der Waals surface area contributed by atoms with Gasteiger partial charge in [-0.05, 0) is 38.9 Å². The highest BCUT2D eigenvalue weighted by atomic mass is 16.2. The van der Waals surface area contributed by atoms with Gasteiger partial charge >= 0.3 is 0 Å². The molecule has 1 amide bonds. The minimum atomic E-state index is -0.00933. The van der Waals surface area contributed by atoms with Gasteiger partial charge in [-0.25, -0.2) is 0 Å². The summed E-state index contributed by atoms with van der Waals surface area (Å²) in [4.78, 5) is 14.1. The summed E-state index contributed by atoms with van der Waals surface area (Å²) in [5, 5.41) is 2.93.